The van der Waals surface area contributed by atoms with Gasteiger partial charge >= 0.3 is 0 Å². The van der Waals surface area contributed by atoms with Crippen LogP contribution in [0.25, 0.3) is 0 Å². The summed E-state index contributed by atoms with van der Waals surface area (Å²) in [6.07, 6.45) is 2.28. The van der Waals surface area contributed by atoms with Crippen LogP contribution in [-0.4, -0.2) is 39.1 Å². The van der Waals surface area contributed by atoms with Crippen LogP contribution in [0.3, 0.4) is 0 Å². The summed E-state index contributed by atoms with van der Waals surface area (Å²) in [5, 5.41) is 6.75. The standard InChI is InChI=1S/C19H24FN5O/c1-18(2)11-19(18,13-5-3-4-6-14(13)20)16(26)25-9-7-12(8-10-25)15-22-17(21)24-23-15/h3-6,12H,7-11H2,1-2H3,(H3,21,22,23,24)/t19-/m0/s1. The molecule has 1 aliphatic carbocycles. The number of hydrogen-bond acceptors (Lipinski definition) is 4. The average molecular weight is 357 g/mol. The number of piperidine rings is 1. The fourth-order valence-corrected chi connectivity index (χ4v) is 4.46. The summed E-state index contributed by atoms with van der Waals surface area (Å²) >= 11 is 0. The third kappa shape index (κ3) is 2.48. The van der Waals surface area contributed by atoms with Crippen LogP contribution in [0, 0.1) is 11.2 Å². The average Bonchev–Trinajstić information content (AvgIpc) is 2.97. The Bertz CT molecular complexity index is 840. The predicted molar refractivity (Wildman–Crippen MR) is 95.8 cm³/mol. The van der Waals surface area contributed by atoms with E-state index in [0.29, 0.717) is 25.1 Å². The van der Waals surface area contributed by atoms with Gasteiger partial charge in [0.2, 0.25) is 11.9 Å². The van der Waals surface area contributed by atoms with Gasteiger partial charge in [0, 0.05) is 24.6 Å². The molecule has 138 valence electrons. The van der Waals surface area contributed by atoms with Gasteiger partial charge in [0.25, 0.3) is 0 Å². The number of nitrogens with two attached hydrogens (primary N) is 1. The van der Waals surface area contributed by atoms with E-state index in [1.54, 1.807) is 12.1 Å². The summed E-state index contributed by atoms with van der Waals surface area (Å²) in [5.74, 6) is 1.00. The maximum atomic E-state index is 14.5. The minimum absolute atomic E-state index is 0.0446. The lowest BCUT2D eigenvalue weighted by molar-refractivity contribution is -0.136. The van der Waals surface area contributed by atoms with Crippen LogP contribution in [0.1, 0.15) is 50.4 Å². The molecule has 1 aliphatic heterocycles. The van der Waals surface area contributed by atoms with Gasteiger partial charge in [-0.05, 0) is 30.7 Å². The molecule has 0 unspecified atom stereocenters. The molecule has 1 saturated heterocycles. The van der Waals surface area contributed by atoms with Crippen molar-refractivity contribution >= 4 is 11.9 Å². The third-order valence-corrected chi connectivity index (χ3v) is 6.13. The van der Waals surface area contributed by atoms with E-state index in [-0.39, 0.29) is 29.0 Å². The van der Waals surface area contributed by atoms with Gasteiger partial charge in [0.15, 0.2) is 0 Å². The SMILES string of the molecule is CC1(C)C[C@@]1(C(=O)N1CCC(c2nc(N)n[nH]2)CC1)c1ccccc1F. The van der Waals surface area contributed by atoms with Gasteiger partial charge < -0.3 is 10.6 Å². The summed E-state index contributed by atoms with van der Waals surface area (Å²) in [5.41, 5.74) is 5.13. The molecule has 4 rings (SSSR count). The van der Waals surface area contributed by atoms with E-state index < -0.39 is 5.41 Å². The van der Waals surface area contributed by atoms with Crippen molar-refractivity contribution in [2.45, 2.75) is 44.4 Å². The molecule has 1 amide bonds. The van der Waals surface area contributed by atoms with Gasteiger partial charge in [-0.2, -0.15) is 4.98 Å². The second-order valence-electron chi connectivity index (χ2n) is 8.09. The molecule has 1 aromatic carbocycles. The minimum Gasteiger partial charge on any atom is -0.367 e. The molecular formula is C19H24FN5O. The number of rotatable bonds is 3. The van der Waals surface area contributed by atoms with Gasteiger partial charge in [0.05, 0.1) is 5.41 Å². The van der Waals surface area contributed by atoms with Gasteiger partial charge in [-0.25, -0.2) is 4.39 Å². The van der Waals surface area contributed by atoms with Crippen molar-refractivity contribution in [2.24, 2.45) is 5.41 Å². The zero-order valence-corrected chi connectivity index (χ0v) is 15.1. The van der Waals surface area contributed by atoms with E-state index in [9.17, 15) is 9.18 Å². The number of carbonyl (C=O) groups excluding carboxylic acids is 1. The van der Waals surface area contributed by atoms with E-state index in [0.717, 1.165) is 18.7 Å². The fraction of sp³-hybridized carbons (Fsp3) is 0.526. The number of halogens is 1. The molecule has 0 bridgehead atoms. The Morgan fingerprint density at radius 1 is 1.31 bits per heavy atom. The van der Waals surface area contributed by atoms with E-state index >= 15 is 0 Å². The lowest BCUT2D eigenvalue weighted by Gasteiger charge is -2.35. The molecule has 0 spiro atoms. The molecular weight excluding hydrogens is 333 g/mol. The van der Waals surface area contributed by atoms with Crippen molar-refractivity contribution in [3.05, 3.63) is 41.5 Å². The van der Waals surface area contributed by atoms with Crippen molar-refractivity contribution in [3.63, 3.8) is 0 Å². The lowest BCUT2D eigenvalue weighted by Crippen LogP contribution is -2.45. The summed E-state index contributed by atoms with van der Waals surface area (Å²) < 4.78 is 14.5. The quantitative estimate of drug-likeness (QED) is 0.884. The highest BCUT2D eigenvalue weighted by Gasteiger charge is 2.68. The molecule has 1 atom stereocenters. The Labute approximate surface area is 152 Å². The summed E-state index contributed by atoms with van der Waals surface area (Å²) in [6.45, 7) is 5.36. The summed E-state index contributed by atoms with van der Waals surface area (Å²) in [7, 11) is 0. The molecule has 0 radical (unpaired) electrons. The first-order valence-corrected chi connectivity index (χ1v) is 9.07. The topological polar surface area (TPSA) is 87.9 Å². The van der Waals surface area contributed by atoms with Crippen LogP contribution in [0.15, 0.2) is 24.3 Å². The molecule has 1 aromatic heterocycles. The maximum absolute atomic E-state index is 14.5. The van der Waals surface area contributed by atoms with Crippen molar-refractivity contribution in [3.8, 4) is 0 Å². The smallest absolute Gasteiger partial charge is 0.239 e. The summed E-state index contributed by atoms with van der Waals surface area (Å²) in [6, 6.07) is 6.68. The van der Waals surface area contributed by atoms with Crippen LogP contribution in [-0.2, 0) is 10.2 Å². The highest BCUT2D eigenvalue weighted by Crippen LogP contribution is 2.65. The zero-order chi connectivity index (χ0) is 18.5. The maximum Gasteiger partial charge on any atom is 0.239 e. The van der Waals surface area contributed by atoms with Crippen molar-refractivity contribution in [1.29, 1.82) is 0 Å². The van der Waals surface area contributed by atoms with Gasteiger partial charge in [-0.15, -0.1) is 5.10 Å². The van der Waals surface area contributed by atoms with Crippen LogP contribution in [0.5, 0.6) is 0 Å². The predicted octanol–water partition coefficient (Wildman–Crippen LogP) is 2.60. The van der Waals surface area contributed by atoms with E-state index in [2.05, 4.69) is 15.2 Å². The first kappa shape index (κ1) is 17.0. The number of carbonyl (C=O) groups is 1. The monoisotopic (exact) mass is 357 g/mol. The van der Waals surface area contributed by atoms with Crippen molar-refractivity contribution in [1.82, 2.24) is 20.1 Å². The number of H-pyrrole nitrogens is 1. The Morgan fingerprint density at radius 2 is 1.96 bits per heavy atom. The Hall–Kier alpha value is -2.44. The molecule has 2 fully saturated rings. The highest BCUT2D eigenvalue weighted by atomic mass is 19.1. The number of anilines is 1. The normalized spacial score (nSPS) is 25.3. The van der Waals surface area contributed by atoms with Crippen molar-refractivity contribution < 1.29 is 9.18 Å². The molecule has 2 aromatic rings. The number of aromatic amines is 1. The number of nitrogens with zero attached hydrogens (tertiary/aromatic N) is 3. The molecule has 1 saturated carbocycles. The second-order valence-corrected chi connectivity index (χ2v) is 8.09. The van der Waals surface area contributed by atoms with Gasteiger partial charge in [-0.3, -0.25) is 9.89 Å². The van der Waals surface area contributed by atoms with Crippen LogP contribution in [0.4, 0.5) is 10.3 Å². The second kappa shape index (κ2) is 5.79. The number of hydrogen-bond donors (Lipinski definition) is 2. The molecule has 6 nitrogen and oxygen atoms in total. The van der Waals surface area contributed by atoms with E-state index in [4.69, 9.17) is 5.73 Å². The number of nitrogen functional groups attached to an aromatic ring is 1. The zero-order valence-electron chi connectivity index (χ0n) is 15.1. The number of nitrogens with one attached hydrogen (secondary N) is 1. The van der Waals surface area contributed by atoms with Crippen LogP contribution >= 0.6 is 0 Å². The van der Waals surface area contributed by atoms with Gasteiger partial charge in [-0.1, -0.05) is 32.0 Å². The highest BCUT2D eigenvalue weighted by molar-refractivity contribution is 5.93. The number of benzene rings is 1. The lowest BCUT2D eigenvalue weighted by atomic mass is 9.85. The van der Waals surface area contributed by atoms with Crippen molar-refractivity contribution in [2.75, 3.05) is 18.8 Å². The fourth-order valence-electron chi connectivity index (χ4n) is 4.46. The molecule has 2 aliphatic rings. The molecule has 2 heterocycles. The number of aromatic nitrogens is 3. The minimum atomic E-state index is -0.748. The Balaban J connectivity index is 1.53. The summed E-state index contributed by atoms with van der Waals surface area (Å²) in [4.78, 5) is 19.5. The number of likely N-dealkylation sites (tertiary alicyclic amines) is 1. The molecule has 3 N–H and O–H groups in total. The largest absolute Gasteiger partial charge is 0.367 e. The molecule has 26 heavy (non-hydrogen) atoms. The van der Waals surface area contributed by atoms with Crippen LogP contribution in [0.2, 0.25) is 0 Å². The Kier molecular flexibility index (Phi) is 3.78. The van der Waals surface area contributed by atoms with Crippen LogP contribution < -0.4 is 5.73 Å². The first-order chi connectivity index (χ1) is 12.3. The number of amides is 1. The van der Waals surface area contributed by atoms with E-state index in [1.165, 1.54) is 6.07 Å². The third-order valence-electron chi connectivity index (χ3n) is 6.13. The van der Waals surface area contributed by atoms with Gasteiger partial charge in [0.1, 0.15) is 11.6 Å². The first-order valence-electron chi connectivity index (χ1n) is 9.07. The molecule has 7 heteroatoms. The van der Waals surface area contributed by atoms with E-state index in [1.807, 2.05) is 24.8 Å². The Morgan fingerprint density at radius 3 is 2.50 bits per heavy atom.